The number of benzene rings is 3. The molecule has 0 spiro atoms. The summed E-state index contributed by atoms with van der Waals surface area (Å²) < 4.78 is 5.48. The minimum atomic E-state index is 0.343. The van der Waals surface area contributed by atoms with Gasteiger partial charge in [-0.2, -0.15) is 0 Å². The average Bonchev–Trinajstić information content (AvgIpc) is 3.36. The van der Waals surface area contributed by atoms with E-state index < -0.39 is 0 Å². The van der Waals surface area contributed by atoms with Gasteiger partial charge in [-0.15, -0.1) is 0 Å². The number of hydrogen-bond acceptors (Lipinski definition) is 2. The van der Waals surface area contributed by atoms with Gasteiger partial charge in [0.25, 0.3) is 0 Å². The molecule has 3 aromatic carbocycles. The molecule has 134 valence electrons. The van der Waals surface area contributed by atoms with Crippen LogP contribution in [0.3, 0.4) is 0 Å². The largest absolute Gasteiger partial charge is 0.497 e. The van der Waals surface area contributed by atoms with Crippen LogP contribution < -0.4 is 10.1 Å². The summed E-state index contributed by atoms with van der Waals surface area (Å²) in [6.07, 6.45) is 8.26. The van der Waals surface area contributed by atoms with E-state index in [1.165, 1.54) is 51.6 Å². The zero-order valence-corrected chi connectivity index (χ0v) is 15.5. The molecule has 2 nitrogen and oxygen atoms in total. The van der Waals surface area contributed by atoms with Crippen molar-refractivity contribution in [3.8, 4) is 5.75 Å². The molecule has 1 aliphatic heterocycles. The van der Waals surface area contributed by atoms with E-state index in [0.29, 0.717) is 17.9 Å². The van der Waals surface area contributed by atoms with Crippen molar-refractivity contribution in [2.45, 2.75) is 31.2 Å². The molecule has 27 heavy (non-hydrogen) atoms. The van der Waals surface area contributed by atoms with E-state index >= 15 is 0 Å². The molecule has 3 atom stereocenters. The Morgan fingerprint density at radius 1 is 0.963 bits per heavy atom. The lowest BCUT2D eigenvalue weighted by atomic mass is 9.76. The molecule has 0 fully saturated rings. The van der Waals surface area contributed by atoms with Crippen molar-refractivity contribution in [1.29, 1.82) is 0 Å². The van der Waals surface area contributed by atoms with Gasteiger partial charge in [-0.1, -0.05) is 42.5 Å². The number of anilines is 1. The third-order valence-electron chi connectivity index (χ3n) is 6.82. The molecular weight excluding hydrogens is 330 g/mol. The first kappa shape index (κ1) is 15.3. The molecule has 2 heteroatoms. The maximum atomic E-state index is 5.48. The van der Waals surface area contributed by atoms with Crippen LogP contribution in [0.15, 0.2) is 60.7 Å². The van der Waals surface area contributed by atoms with E-state index in [1.807, 2.05) is 0 Å². The summed E-state index contributed by atoms with van der Waals surface area (Å²) in [5, 5.41) is 6.85. The maximum absolute atomic E-state index is 5.48. The molecule has 3 aromatic rings. The molecule has 2 aliphatic carbocycles. The van der Waals surface area contributed by atoms with Crippen LogP contribution in [0.2, 0.25) is 0 Å². The van der Waals surface area contributed by atoms with Crippen molar-refractivity contribution >= 4 is 16.5 Å². The second-order valence-electron chi connectivity index (χ2n) is 8.08. The number of nitrogens with one attached hydrogen (secondary N) is 1. The molecule has 1 heterocycles. The van der Waals surface area contributed by atoms with Gasteiger partial charge in [0.15, 0.2) is 0 Å². The zero-order valence-electron chi connectivity index (χ0n) is 15.5. The van der Waals surface area contributed by atoms with Crippen molar-refractivity contribution in [2.75, 3.05) is 12.4 Å². The number of aryl methyl sites for hydroxylation is 2. The topological polar surface area (TPSA) is 21.3 Å². The first-order chi connectivity index (χ1) is 13.3. The first-order valence-electron chi connectivity index (χ1n) is 9.98. The molecule has 6 rings (SSSR count). The van der Waals surface area contributed by atoms with Crippen LogP contribution >= 0.6 is 0 Å². The fraction of sp³-hybridized carbons (Fsp3) is 0.280. The third kappa shape index (κ3) is 2.13. The first-order valence-corrected chi connectivity index (χ1v) is 9.98. The Labute approximate surface area is 159 Å². The highest BCUT2D eigenvalue weighted by Crippen LogP contribution is 2.51. The van der Waals surface area contributed by atoms with Crippen molar-refractivity contribution in [1.82, 2.24) is 0 Å². The Hall–Kier alpha value is -2.74. The predicted molar refractivity (Wildman–Crippen MR) is 111 cm³/mol. The van der Waals surface area contributed by atoms with Gasteiger partial charge in [0.1, 0.15) is 5.75 Å². The highest BCUT2D eigenvalue weighted by atomic mass is 16.5. The van der Waals surface area contributed by atoms with E-state index in [4.69, 9.17) is 4.74 Å². The standard InChI is InChI=1S/C25H23NO/c1-27-17-11-13-23-22(14-17)18-5-3-7-20(18)25(26-23)21-12-10-16-9-8-15-4-2-6-19(21)24(15)16/h2-6,10-14,18,20,25-26H,7-9H2,1H3/t18-,20+,25-/m1/s1. The maximum Gasteiger partial charge on any atom is 0.119 e. The minimum Gasteiger partial charge on any atom is -0.497 e. The van der Waals surface area contributed by atoms with Gasteiger partial charge in [-0.3, -0.25) is 0 Å². The van der Waals surface area contributed by atoms with E-state index in [0.717, 1.165) is 12.2 Å². The Balaban J connectivity index is 1.52. The Kier molecular flexibility index (Phi) is 3.19. The van der Waals surface area contributed by atoms with E-state index in [1.54, 1.807) is 7.11 Å². The second-order valence-corrected chi connectivity index (χ2v) is 8.08. The third-order valence-corrected chi connectivity index (χ3v) is 6.82. The summed E-state index contributed by atoms with van der Waals surface area (Å²) in [4.78, 5) is 0. The number of allylic oxidation sites excluding steroid dienone is 2. The van der Waals surface area contributed by atoms with E-state index in [9.17, 15) is 0 Å². The molecule has 0 saturated carbocycles. The van der Waals surface area contributed by atoms with Gasteiger partial charge in [0.2, 0.25) is 0 Å². The van der Waals surface area contributed by atoms with E-state index in [-0.39, 0.29) is 0 Å². The van der Waals surface area contributed by atoms with Crippen LogP contribution in [0.4, 0.5) is 5.69 Å². The van der Waals surface area contributed by atoms with Gasteiger partial charge < -0.3 is 10.1 Å². The molecule has 1 N–H and O–H groups in total. The van der Waals surface area contributed by atoms with Crippen LogP contribution in [-0.4, -0.2) is 7.11 Å². The van der Waals surface area contributed by atoms with Crippen molar-refractivity contribution < 1.29 is 4.74 Å². The van der Waals surface area contributed by atoms with Crippen LogP contribution in [0, 0.1) is 5.92 Å². The fourth-order valence-electron chi connectivity index (χ4n) is 5.55. The number of ether oxygens (including phenoxy) is 1. The van der Waals surface area contributed by atoms with Gasteiger partial charge in [-0.05, 0) is 76.4 Å². The van der Waals surface area contributed by atoms with Crippen LogP contribution in [0.5, 0.6) is 5.75 Å². The van der Waals surface area contributed by atoms with Crippen LogP contribution in [-0.2, 0) is 12.8 Å². The minimum absolute atomic E-state index is 0.343. The average molecular weight is 353 g/mol. The number of fused-ring (bicyclic) bond motifs is 3. The van der Waals surface area contributed by atoms with Crippen molar-refractivity contribution in [3.63, 3.8) is 0 Å². The number of rotatable bonds is 2. The monoisotopic (exact) mass is 353 g/mol. The molecule has 0 bridgehead atoms. The van der Waals surface area contributed by atoms with Crippen LogP contribution in [0.25, 0.3) is 10.8 Å². The summed E-state index contributed by atoms with van der Waals surface area (Å²) in [5.74, 6) is 1.96. The second kappa shape index (κ2) is 5.63. The van der Waals surface area contributed by atoms with Gasteiger partial charge in [0, 0.05) is 11.6 Å². The summed E-state index contributed by atoms with van der Waals surface area (Å²) in [5.41, 5.74) is 7.11. The zero-order chi connectivity index (χ0) is 18.0. The smallest absolute Gasteiger partial charge is 0.119 e. The Morgan fingerprint density at radius 3 is 2.74 bits per heavy atom. The molecule has 0 amide bonds. The quantitative estimate of drug-likeness (QED) is 0.590. The van der Waals surface area contributed by atoms with Gasteiger partial charge in [-0.25, -0.2) is 0 Å². The lowest BCUT2D eigenvalue weighted by molar-refractivity contribution is 0.406. The summed E-state index contributed by atoms with van der Waals surface area (Å²) in [6.45, 7) is 0. The highest BCUT2D eigenvalue weighted by Gasteiger charge is 2.38. The summed E-state index contributed by atoms with van der Waals surface area (Å²) in [7, 11) is 1.75. The highest BCUT2D eigenvalue weighted by molar-refractivity contribution is 5.94. The molecular formula is C25H23NO. The van der Waals surface area contributed by atoms with Gasteiger partial charge >= 0.3 is 0 Å². The van der Waals surface area contributed by atoms with Gasteiger partial charge in [0.05, 0.1) is 13.2 Å². The number of hydrogen-bond donors (Lipinski definition) is 1. The SMILES string of the molecule is COc1ccc2c(c1)[C@@H]1C=CC[C@@H]1[C@H](c1ccc3c4c(cccc14)CC3)N2. The lowest BCUT2D eigenvalue weighted by Crippen LogP contribution is -2.29. The molecule has 0 unspecified atom stereocenters. The van der Waals surface area contributed by atoms with Crippen molar-refractivity contribution in [3.05, 3.63) is 82.9 Å². The number of methoxy groups -OCH3 is 1. The molecule has 0 radical (unpaired) electrons. The molecule has 0 aromatic heterocycles. The van der Waals surface area contributed by atoms with Crippen LogP contribution in [0.1, 0.15) is 40.6 Å². The summed E-state index contributed by atoms with van der Waals surface area (Å²) >= 11 is 0. The normalized spacial score (nSPS) is 24.6. The molecule has 3 aliphatic rings. The van der Waals surface area contributed by atoms with Crippen molar-refractivity contribution in [2.24, 2.45) is 5.92 Å². The Morgan fingerprint density at radius 2 is 1.85 bits per heavy atom. The fourth-order valence-corrected chi connectivity index (χ4v) is 5.55. The molecule has 0 saturated heterocycles. The van der Waals surface area contributed by atoms with E-state index in [2.05, 4.69) is 66.0 Å². The lowest BCUT2D eigenvalue weighted by Gasteiger charge is -2.38. The summed E-state index contributed by atoms with van der Waals surface area (Å²) in [6, 6.07) is 18.4. The Bertz CT molecular complexity index is 1090. The predicted octanol–water partition coefficient (Wildman–Crippen LogP) is 5.77.